The van der Waals surface area contributed by atoms with Crippen molar-refractivity contribution in [3.63, 3.8) is 0 Å². The molecule has 1 aliphatic rings. The summed E-state index contributed by atoms with van der Waals surface area (Å²) >= 11 is 0. The molecule has 2 heterocycles. The molecule has 0 spiro atoms. The van der Waals surface area contributed by atoms with Crippen LogP contribution in [0.3, 0.4) is 0 Å². The summed E-state index contributed by atoms with van der Waals surface area (Å²) in [5.74, 6) is -0.00870. The molecule has 1 aromatic carbocycles. The number of pyridine rings is 1. The largest absolute Gasteiger partial charge is 0.496 e. The maximum Gasteiger partial charge on any atom is 0.256 e. The molecule has 1 amide bonds. The molecule has 2 aromatic rings. The highest BCUT2D eigenvalue weighted by Crippen LogP contribution is 2.31. The molecule has 1 N–H and O–H groups in total. The predicted molar refractivity (Wildman–Crippen MR) is 98.3 cm³/mol. The van der Waals surface area contributed by atoms with Gasteiger partial charge < -0.3 is 15.0 Å². The normalized spacial score (nSPS) is 16.4. The van der Waals surface area contributed by atoms with Gasteiger partial charge >= 0.3 is 0 Å². The Balaban J connectivity index is 0.00000156. The van der Waals surface area contributed by atoms with Crippen LogP contribution in [0, 0.1) is 5.82 Å². The third-order valence-electron chi connectivity index (χ3n) is 3.95. The van der Waals surface area contributed by atoms with Gasteiger partial charge in [0, 0.05) is 31.4 Å². The Bertz CT molecular complexity index is 718. The molecule has 1 unspecified atom stereocenters. The van der Waals surface area contributed by atoms with E-state index in [1.807, 2.05) is 24.3 Å². The van der Waals surface area contributed by atoms with Crippen LogP contribution in [0.4, 0.5) is 4.39 Å². The van der Waals surface area contributed by atoms with Gasteiger partial charge in [0.2, 0.25) is 0 Å². The summed E-state index contributed by atoms with van der Waals surface area (Å²) in [6.45, 7) is 1.85. The number of aromatic nitrogens is 1. The van der Waals surface area contributed by atoms with E-state index in [0.717, 1.165) is 17.5 Å². The van der Waals surface area contributed by atoms with Gasteiger partial charge in [0.15, 0.2) is 0 Å². The fraction of sp³-hybridized carbons (Fsp3) is 0.294. The number of amides is 1. The zero-order chi connectivity index (χ0) is 16.2. The van der Waals surface area contributed by atoms with Crippen LogP contribution >= 0.6 is 24.8 Å². The maximum atomic E-state index is 13.4. The lowest BCUT2D eigenvalue weighted by Crippen LogP contribution is -2.48. The van der Waals surface area contributed by atoms with Gasteiger partial charge in [-0.2, -0.15) is 0 Å². The first kappa shape index (κ1) is 21.2. The van der Waals surface area contributed by atoms with E-state index in [-0.39, 0.29) is 42.3 Å². The van der Waals surface area contributed by atoms with Crippen molar-refractivity contribution in [3.05, 3.63) is 59.7 Å². The molecular formula is C17H20Cl2FN3O2. The van der Waals surface area contributed by atoms with E-state index < -0.39 is 5.82 Å². The highest BCUT2D eigenvalue weighted by Gasteiger charge is 2.30. The first-order valence-electron chi connectivity index (χ1n) is 7.46. The van der Waals surface area contributed by atoms with Crippen LogP contribution < -0.4 is 10.1 Å². The second-order valence-corrected chi connectivity index (χ2v) is 5.35. The average Bonchev–Trinajstić information content (AvgIpc) is 2.61. The Kier molecular flexibility index (Phi) is 8.09. The van der Waals surface area contributed by atoms with Crippen LogP contribution in [0.25, 0.3) is 0 Å². The molecule has 0 saturated carbocycles. The highest BCUT2D eigenvalue weighted by atomic mass is 35.5. The number of hydrogen-bond donors (Lipinski definition) is 1. The van der Waals surface area contributed by atoms with Crippen molar-refractivity contribution in [3.8, 4) is 5.75 Å². The molecule has 8 heteroatoms. The first-order valence-corrected chi connectivity index (χ1v) is 7.46. The van der Waals surface area contributed by atoms with Crippen LogP contribution in [0.1, 0.15) is 22.0 Å². The minimum Gasteiger partial charge on any atom is -0.496 e. The summed E-state index contributed by atoms with van der Waals surface area (Å²) in [5.41, 5.74) is 1.19. The number of carbonyl (C=O) groups is 1. The number of rotatable bonds is 3. The highest BCUT2D eigenvalue weighted by molar-refractivity contribution is 5.94. The summed E-state index contributed by atoms with van der Waals surface area (Å²) < 4.78 is 18.8. The van der Waals surface area contributed by atoms with E-state index in [1.165, 1.54) is 12.3 Å². The first-order chi connectivity index (χ1) is 11.2. The number of methoxy groups -OCH3 is 1. The second-order valence-electron chi connectivity index (χ2n) is 5.35. The van der Waals surface area contributed by atoms with E-state index in [2.05, 4.69) is 10.3 Å². The number of piperazine rings is 1. The molecule has 1 saturated heterocycles. The topological polar surface area (TPSA) is 54.5 Å². The van der Waals surface area contributed by atoms with Crippen molar-refractivity contribution in [2.24, 2.45) is 0 Å². The smallest absolute Gasteiger partial charge is 0.256 e. The van der Waals surface area contributed by atoms with Crippen LogP contribution in [-0.4, -0.2) is 42.5 Å². The van der Waals surface area contributed by atoms with Crippen LogP contribution in [0.15, 0.2) is 42.7 Å². The van der Waals surface area contributed by atoms with Crippen molar-refractivity contribution in [1.29, 1.82) is 0 Å². The van der Waals surface area contributed by atoms with Gasteiger partial charge in [-0.25, -0.2) is 4.39 Å². The molecule has 1 aliphatic heterocycles. The summed E-state index contributed by atoms with van der Waals surface area (Å²) in [4.78, 5) is 18.3. The van der Waals surface area contributed by atoms with Gasteiger partial charge in [-0.15, -0.1) is 24.8 Å². The Labute approximate surface area is 158 Å². The summed E-state index contributed by atoms with van der Waals surface area (Å²) in [7, 11) is 1.61. The number of carbonyl (C=O) groups excluding carboxylic acids is 1. The maximum absolute atomic E-state index is 13.4. The number of ether oxygens (including phenoxy) is 1. The zero-order valence-electron chi connectivity index (χ0n) is 13.6. The molecule has 1 fully saturated rings. The van der Waals surface area contributed by atoms with Crippen molar-refractivity contribution in [1.82, 2.24) is 15.2 Å². The lowest BCUT2D eigenvalue weighted by molar-refractivity contribution is 0.0630. The van der Waals surface area contributed by atoms with Crippen molar-refractivity contribution < 1.29 is 13.9 Å². The molecule has 0 bridgehead atoms. The minimum absolute atomic E-state index is 0. The molecular weight excluding hydrogens is 368 g/mol. The molecule has 25 heavy (non-hydrogen) atoms. The van der Waals surface area contributed by atoms with E-state index >= 15 is 0 Å². The summed E-state index contributed by atoms with van der Waals surface area (Å²) in [6, 6.07) is 8.67. The SMILES string of the molecule is COc1ccccc1C1CNCCN1C(=O)c1cncc(F)c1.Cl.Cl. The van der Waals surface area contributed by atoms with E-state index in [4.69, 9.17) is 4.74 Å². The van der Waals surface area contributed by atoms with Gasteiger partial charge in [-0.1, -0.05) is 18.2 Å². The van der Waals surface area contributed by atoms with Crippen molar-refractivity contribution in [2.75, 3.05) is 26.7 Å². The van der Waals surface area contributed by atoms with Gasteiger partial charge in [0.05, 0.1) is 24.9 Å². The number of hydrogen-bond acceptors (Lipinski definition) is 4. The van der Waals surface area contributed by atoms with Crippen LogP contribution in [0.2, 0.25) is 0 Å². The van der Waals surface area contributed by atoms with Gasteiger partial charge in [-0.05, 0) is 12.1 Å². The standard InChI is InChI=1S/C17H18FN3O2.2ClH/c1-23-16-5-3-2-4-14(16)15-11-19-6-7-21(15)17(22)12-8-13(18)10-20-9-12;;/h2-5,8-10,15,19H,6-7,11H2,1H3;2*1H. The Morgan fingerprint density at radius 3 is 2.80 bits per heavy atom. The molecule has 5 nitrogen and oxygen atoms in total. The van der Waals surface area contributed by atoms with Crippen molar-refractivity contribution >= 4 is 30.7 Å². The number of benzene rings is 1. The van der Waals surface area contributed by atoms with E-state index in [9.17, 15) is 9.18 Å². The van der Waals surface area contributed by atoms with Gasteiger partial charge in [-0.3, -0.25) is 9.78 Å². The molecule has 1 aromatic heterocycles. The average molecular weight is 388 g/mol. The number of halogens is 3. The summed E-state index contributed by atoms with van der Waals surface area (Å²) in [5, 5.41) is 3.29. The third kappa shape index (κ3) is 4.60. The molecule has 1 atom stereocenters. The zero-order valence-corrected chi connectivity index (χ0v) is 15.3. The third-order valence-corrected chi connectivity index (χ3v) is 3.95. The molecule has 3 rings (SSSR count). The Hall–Kier alpha value is -1.89. The van der Waals surface area contributed by atoms with Crippen LogP contribution in [0.5, 0.6) is 5.75 Å². The minimum atomic E-state index is -0.514. The lowest BCUT2D eigenvalue weighted by atomic mass is 10.0. The van der Waals surface area contributed by atoms with Gasteiger partial charge in [0.1, 0.15) is 11.6 Å². The Morgan fingerprint density at radius 2 is 2.08 bits per heavy atom. The predicted octanol–water partition coefficient (Wildman–Crippen LogP) is 2.86. The Morgan fingerprint density at radius 1 is 1.32 bits per heavy atom. The fourth-order valence-electron chi connectivity index (χ4n) is 2.86. The monoisotopic (exact) mass is 387 g/mol. The van der Waals surface area contributed by atoms with E-state index in [0.29, 0.717) is 19.6 Å². The summed E-state index contributed by atoms with van der Waals surface area (Å²) in [6.07, 6.45) is 2.49. The van der Waals surface area contributed by atoms with Gasteiger partial charge in [0.25, 0.3) is 5.91 Å². The van der Waals surface area contributed by atoms with Crippen molar-refractivity contribution in [2.45, 2.75) is 6.04 Å². The second kappa shape index (κ2) is 9.56. The molecule has 0 aliphatic carbocycles. The number of para-hydroxylation sites is 1. The fourth-order valence-corrected chi connectivity index (χ4v) is 2.86. The molecule has 136 valence electrons. The lowest BCUT2D eigenvalue weighted by Gasteiger charge is -2.37. The van der Waals surface area contributed by atoms with E-state index in [1.54, 1.807) is 12.0 Å². The number of nitrogens with zero attached hydrogens (tertiary/aromatic N) is 2. The quantitative estimate of drug-likeness (QED) is 0.879. The van der Waals surface area contributed by atoms with Crippen LogP contribution in [-0.2, 0) is 0 Å². The molecule has 0 radical (unpaired) electrons. The number of nitrogens with one attached hydrogen (secondary N) is 1.